The van der Waals surface area contributed by atoms with E-state index in [1.807, 2.05) is 50.1 Å². The molecule has 0 fully saturated rings. The zero-order valence-electron chi connectivity index (χ0n) is 14.0. The molecule has 1 aromatic carbocycles. The average molecular weight is 324 g/mol. The van der Waals surface area contributed by atoms with E-state index >= 15 is 0 Å². The second-order valence-corrected chi connectivity index (χ2v) is 6.12. The number of nitrogens with zero attached hydrogens (tertiary/aromatic N) is 2. The van der Waals surface area contributed by atoms with Gasteiger partial charge in [-0.3, -0.25) is 14.5 Å². The fourth-order valence-corrected chi connectivity index (χ4v) is 2.87. The van der Waals surface area contributed by atoms with Crippen molar-refractivity contribution in [3.8, 4) is 0 Å². The summed E-state index contributed by atoms with van der Waals surface area (Å²) < 4.78 is 0. The lowest BCUT2D eigenvalue weighted by Crippen LogP contribution is -2.27. The van der Waals surface area contributed by atoms with E-state index in [1.54, 1.807) is 6.07 Å². The molecule has 0 spiro atoms. The molecule has 24 heavy (non-hydrogen) atoms. The Bertz CT molecular complexity index is 955. The van der Waals surface area contributed by atoms with Gasteiger partial charge in [0, 0.05) is 17.0 Å². The molecular weight excluding hydrogens is 304 g/mol. The first-order valence-electron chi connectivity index (χ1n) is 7.80. The third-order valence-electron chi connectivity index (χ3n) is 3.95. The van der Waals surface area contributed by atoms with Crippen molar-refractivity contribution in [2.24, 2.45) is 0 Å². The number of carbonyl (C=O) groups excluding carboxylic acids is 1. The van der Waals surface area contributed by atoms with Gasteiger partial charge in [0.1, 0.15) is 5.82 Å². The number of para-hydroxylation sites is 1. The van der Waals surface area contributed by atoms with E-state index in [0.717, 1.165) is 11.4 Å². The number of H-pyrrole nitrogens is 2. The minimum atomic E-state index is -0.160. The van der Waals surface area contributed by atoms with Crippen LogP contribution >= 0.6 is 0 Å². The summed E-state index contributed by atoms with van der Waals surface area (Å²) in [6.45, 7) is 4.47. The Labute approximate surface area is 139 Å². The van der Waals surface area contributed by atoms with E-state index in [9.17, 15) is 9.59 Å². The summed E-state index contributed by atoms with van der Waals surface area (Å²) in [4.78, 5) is 36.7. The lowest BCUT2D eigenvalue weighted by atomic mass is 10.1. The topological polar surface area (TPSA) is 81.8 Å². The summed E-state index contributed by atoms with van der Waals surface area (Å²) in [6.07, 6.45) is 0. The molecule has 124 valence electrons. The molecule has 6 nitrogen and oxygen atoms in total. The summed E-state index contributed by atoms with van der Waals surface area (Å²) in [7, 11) is 1.84. The number of hydrogen-bond donors (Lipinski definition) is 2. The zero-order valence-corrected chi connectivity index (χ0v) is 14.0. The normalized spacial score (nSPS) is 11.3. The summed E-state index contributed by atoms with van der Waals surface area (Å²) >= 11 is 0. The standard InChI is InChI=1S/C18H20N4O2/c1-11-8-14(12(2)19-11)16(23)9-22(3)10-17-20-15-7-5-4-6-13(15)18(24)21-17/h4-8,19H,9-10H2,1-3H3,(H,20,21,24). The molecule has 0 atom stereocenters. The molecule has 0 saturated carbocycles. The third kappa shape index (κ3) is 3.28. The molecule has 0 aliphatic rings. The highest BCUT2D eigenvalue weighted by molar-refractivity contribution is 5.98. The largest absolute Gasteiger partial charge is 0.362 e. The molecule has 6 heteroatoms. The highest BCUT2D eigenvalue weighted by Gasteiger charge is 2.15. The number of carbonyl (C=O) groups is 1. The fraction of sp³-hybridized carbons (Fsp3) is 0.278. The van der Waals surface area contributed by atoms with Crippen LogP contribution in [0.1, 0.15) is 27.6 Å². The molecule has 2 aromatic heterocycles. The second kappa shape index (κ2) is 6.41. The van der Waals surface area contributed by atoms with Crippen LogP contribution in [0.5, 0.6) is 0 Å². The van der Waals surface area contributed by atoms with Crippen LogP contribution in [0.4, 0.5) is 0 Å². The smallest absolute Gasteiger partial charge is 0.258 e. The van der Waals surface area contributed by atoms with Crippen molar-refractivity contribution < 1.29 is 4.79 Å². The summed E-state index contributed by atoms with van der Waals surface area (Å²) in [5.41, 5.74) is 3.06. The lowest BCUT2D eigenvalue weighted by molar-refractivity contribution is 0.0941. The Kier molecular flexibility index (Phi) is 4.31. The first-order valence-corrected chi connectivity index (χ1v) is 7.80. The summed E-state index contributed by atoms with van der Waals surface area (Å²) in [5, 5.41) is 0.568. The van der Waals surface area contributed by atoms with E-state index < -0.39 is 0 Å². The third-order valence-corrected chi connectivity index (χ3v) is 3.95. The molecule has 3 rings (SSSR count). The van der Waals surface area contributed by atoms with Gasteiger partial charge in [-0.15, -0.1) is 0 Å². The monoisotopic (exact) mass is 324 g/mol. The number of aromatic amines is 2. The van der Waals surface area contributed by atoms with Crippen LogP contribution in [-0.4, -0.2) is 39.2 Å². The van der Waals surface area contributed by atoms with Gasteiger partial charge in [-0.2, -0.15) is 0 Å². The van der Waals surface area contributed by atoms with Crippen molar-refractivity contribution in [3.63, 3.8) is 0 Å². The minimum Gasteiger partial charge on any atom is -0.362 e. The van der Waals surface area contributed by atoms with Gasteiger partial charge in [0.2, 0.25) is 0 Å². The molecule has 0 unspecified atom stereocenters. The molecule has 0 aliphatic heterocycles. The molecule has 0 radical (unpaired) electrons. The van der Waals surface area contributed by atoms with Crippen molar-refractivity contribution in [3.05, 3.63) is 63.5 Å². The van der Waals surface area contributed by atoms with Crippen molar-refractivity contribution in [1.82, 2.24) is 19.9 Å². The van der Waals surface area contributed by atoms with Gasteiger partial charge in [0.05, 0.1) is 24.0 Å². The summed E-state index contributed by atoms with van der Waals surface area (Å²) in [6, 6.07) is 9.08. The van der Waals surface area contributed by atoms with Crippen LogP contribution in [0.2, 0.25) is 0 Å². The molecule has 2 N–H and O–H groups in total. The predicted molar refractivity (Wildman–Crippen MR) is 93.3 cm³/mol. The van der Waals surface area contributed by atoms with Crippen molar-refractivity contribution >= 4 is 16.7 Å². The molecule has 0 aliphatic carbocycles. The highest BCUT2D eigenvalue weighted by Crippen LogP contribution is 2.11. The Morgan fingerprint density at radius 2 is 1.96 bits per heavy atom. The average Bonchev–Trinajstić information content (AvgIpc) is 2.86. The molecule has 0 amide bonds. The highest BCUT2D eigenvalue weighted by atomic mass is 16.1. The minimum absolute atomic E-state index is 0.0440. The van der Waals surface area contributed by atoms with E-state index in [4.69, 9.17) is 0 Å². The number of aryl methyl sites for hydroxylation is 2. The quantitative estimate of drug-likeness (QED) is 0.705. The molecule has 2 heterocycles. The first kappa shape index (κ1) is 16.1. The number of hydrogen-bond acceptors (Lipinski definition) is 4. The maximum atomic E-state index is 12.4. The van der Waals surface area contributed by atoms with Crippen molar-refractivity contribution in [2.75, 3.05) is 13.6 Å². The maximum absolute atomic E-state index is 12.4. The van der Waals surface area contributed by atoms with Crippen LogP contribution in [-0.2, 0) is 6.54 Å². The number of aromatic nitrogens is 3. The number of rotatable bonds is 5. The van der Waals surface area contributed by atoms with Crippen LogP contribution in [0.3, 0.4) is 0 Å². The van der Waals surface area contributed by atoms with E-state index in [0.29, 0.717) is 28.8 Å². The zero-order chi connectivity index (χ0) is 17.3. The number of fused-ring (bicyclic) bond motifs is 1. The van der Waals surface area contributed by atoms with E-state index in [-0.39, 0.29) is 17.9 Å². The Morgan fingerprint density at radius 1 is 1.21 bits per heavy atom. The van der Waals surface area contributed by atoms with E-state index in [1.165, 1.54) is 0 Å². The lowest BCUT2D eigenvalue weighted by Gasteiger charge is -2.15. The molecule has 0 saturated heterocycles. The van der Waals surface area contributed by atoms with Crippen LogP contribution in [0.25, 0.3) is 10.9 Å². The first-order chi connectivity index (χ1) is 11.4. The Balaban J connectivity index is 1.75. The maximum Gasteiger partial charge on any atom is 0.258 e. The van der Waals surface area contributed by atoms with Crippen LogP contribution in [0.15, 0.2) is 35.1 Å². The number of ketones is 1. The number of likely N-dealkylation sites (N-methyl/N-ethyl adjacent to an activating group) is 1. The molecular formula is C18H20N4O2. The van der Waals surface area contributed by atoms with Crippen molar-refractivity contribution in [1.29, 1.82) is 0 Å². The van der Waals surface area contributed by atoms with Gasteiger partial charge in [0.25, 0.3) is 5.56 Å². The van der Waals surface area contributed by atoms with Gasteiger partial charge in [-0.05, 0) is 39.1 Å². The number of nitrogens with one attached hydrogen (secondary N) is 2. The van der Waals surface area contributed by atoms with Gasteiger partial charge in [-0.25, -0.2) is 4.98 Å². The number of benzene rings is 1. The second-order valence-electron chi connectivity index (χ2n) is 6.12. The van der Waals surface area contributed by atoms with Crippen molar-refractivity contribution in [2.45, 2.75) is 20.4 Å². The van der Waals surface area contributed by atoms with E-state index in [2.05, 4.69) is 15.0 Å². The van der Waals surface area contributed by atoms with Gasteiger partial charge >= 0.3 is 0 Å². The molecule has 3 aromatic rings. The van der Waals surface area contributed by atoms with Crippen LogP contribution in [0, 0.1) is 13.8 Å². The number of Topliss-reactive ketones (excluding diaryl/α,β-unsaturated/α-hetero) is 1. The van der Waals surface area contributed by atoms with Crippen LogP contribution < -0.4 is 5.56 Å². The van der Waals surface area contributed by atoms with Gasteiger partial charge in [-0.1, -0.05) is 12.1 Å². The predicted octanol–water partition coefficient (Wildman–Crippen LogP) is 2.18. The van der Waals surface area contributed by atoms with Gasteiger partial charge < -0.3 is 9.97 Å². The molecule has 0 bridgehead atoms. The summed E-state index contributed by atoms with van der Waals surface area (Å²) in [5.74, 6) is 0.596. The Hall–Kier alpha value is -2.73. The fourth-order valence-electron chi connectivity index (χ4n) is 2.87. The van der Waals surface area contributed by atoms with Gasteiger partial charge in [0.15, 0.2) is 5.78 Å². The Morgan fingerprint density at radius 3 is 2.67 bits per heavy atom. The SMILES string of the molecule is Cc1cc(C(=O)CN(C)Cc2nc3ccccc3c(=O)[nH]2)c(C)[nH]1.